The molecule has 1 aromatic heterocycles. The van der Waals surface area contributed by atoms with Crippen LogP contribution in [0.15, 0.2) is 28.8 Å². The largest absolute Gasteiger partial charge is 0.338 e. The molecule has 0 unspecified atom stereocenters. The Bertz CT molecular complexity index is 682. The predicted octanol–water partition coefficient (Wildman–Crippen LogP) is 0.625. The summed E-state index contributed by atoms with van der Waals surface area (Å²) in [5.41, 5.74) is 5.81. The number of nitrogens with two attached hydrogens (primary N) is 1. The fourth-order valence-electron chi connectivity index (χ4n) is 2.55. The Kier molecular flexibility index (Phi) is 4.63. The topological polar surface area (TPSA) is 88.5 Å². The molecule has 1 aliphatic heterocycles. The highest BCUT2D eigenvalue weighted by Crippen LogP contribution is 2.12. The number of piperazine rings is 1. The number of benzene rings is 1. The van der Waals surface area contributed by atoms with E-state index in [-0.39, 0.29) is 12.5 Å². The molecule has 122 valence electrons. The number of aromatic nitrogens is 2. The Labute approximate surface area is 132 Å². The van der Waals surface area contributed by atoms with Gasteiger partial charge in [0.25, 0.3) is 5.91 Å². The molecule has 1 amide bonds. The van der Waals surface area contributed by atoms with E-state index in [1.165, 1.54) is 12.1 Å². The van der Waals surface area contributed by atoms with Crippen molar-refractivity contribution < 1.29 is 13.7 Å². The van der Waals surface area contributed by atoms with Gasteiger partial charge >= 0.3 is 0 Å². The van der Waals surface area contributed by atoms with Gasteiger partial charge in [-0.15, -0.1) is 0 Å². The number of carbonyl (C=O) groups is 1. The number of hydrogen-bond acceptors (Lipinski definition) is 6. The normalized spacial score (nSPS) is 15.8. The fourth-order valence-corrected chi connectivity index (χ4v) is 2.55. The van der Waals surface area contributed by atoms with E-state index < -0.39 is 5.82 Å². The van der Waals surface area contributed by atoms with Gasteiger partial charge in [0.05, 0.1) is 13.1 Å². The highest BCUT2D eigenvalue weighted by Gasteiger charge is 2.23. The Balaban J connectivity index is 1.54. The van der Waals surface area contributed by atoms with Crippen LogP contribution in [0.3, 0.4) is 0 Å². The fraction of sp³-hybridized carbons (Fsp3) is 0.400. The van der Waals surface area contributed by atoms with Crippen LogP contribution in [0.5, 0.6) is 0 Å². The molecule has 23 heavy (non-hydrogen) atoms. The van der Waals surface area contributed by atoms with E-state index in [0.29, 0.717) is 50.0 Å². The van der Waals surface area contributed by atoms with Crippen molar-refractivity contribution in [2.75, 3.05) is 26.2 Å². The average molecular weight is 319 g/mol. The van der Waals surface area contributed by atoms with Crippen molar-refractivity contribution >= 4 is 5.91 Å². The van der Waals surface area contributed by atoms with E-state index in [2.05, 4.69) is 15.0 Å². The third-order valence-corrected chi connectivity index (χ3v) is 3.78. The molecule has 0 saturated carbocycles. The maximum Gasteiger partial charge on any atom is 0.254 e. The second kappa shape index (κ2) is 6.84. The highest BCUT2D eigenvalue weighted by atomic mass is 19.1. The van der Waals surface area contributed by atoms with Gasteiger partial charge in [-0.2, -0.15) is 4.98 Å². The first-order chi connectivity index (χ1) is 11.2. The van der Waals surface area contributed by atoms with Crippen LogP contribution in [0.4, 0.5) is 4.39 Å². The van der Waals surface area contributed by atoms with Crippen molar-refractivity contribution in [3.63, 3.8) is 0 Å². The van der Waals surface area contributed by atoms with Gasteiger partial charge in [-0.3, -0.25) is 9.69 Å². The standard InChI is InChI=1S/C15H18FN5O2/c16-12-3-1-2-11(8-12)15(22)21-6-4-20(5-7-21)10-13-18-14(9-17)23-19-13/h1-3,8H,4-7,9-10,17H2. The number of carbonyl (C=O) groups excluding carboxylic acids is 1. The SMILES string of the molecule is NCc1nc(CN2CCN(C(=O)c3cccc(F)c3)CC2)no1. The van der Waals surface area contributed by atoms with Crippen LogP contribution in [0.1, 0.15) is 22.1 Å². The summed E-state index contributed by atoms with van der Waals surface area (Å²) in [6.45, 7) is 3.35. The molecule has 1 saturated heterocycles. The molecule has 2 N–H and O–H groups in total. The molecule has 3 rings (SSSR count). The number of halogens is 1. The Morgan fingerprint density at radius 1 is 1.30 bits per heavy atom. The van der Waals surface area contributed by atoms with E-state index in [1.807, 2.05) is 0 Å². The van der Waals surface area contributed by atoms with Crippen molar-refractivity contribution in [1.29, 1.82) is 0 Å². The average Bonchev–Trinajstić information content (AvgIpc) is 3.02. The first-order valence-corrected chi connectivity index (χ1v) is 7.44. The van der Waals surface area contributed by atoms with E-state index in [9.17, 15) is 9.18 Å². The molecule has 2 aromatic rings. The van der Waals surface area contributed by atoms with E-state index in [0.717, 1.165) is 0 Å². The quantitative estimate of drug-likeness (QED) is 0.889. The van der Waals surface area contributed by atoms with Gasteiger partial charge in [0.2, 0.25) is 5.89 Å². The smallest absolute Gasteiger partial charge is 0.254 e. The van der Waals surface area contributed by atoms with Crippen LogP contribution in [0.25, 0.3) is 0 Å². The monoisotopic (exact) mass is 319 g/mol. The van der Waals surface area contributed by atoms with Gasteiger partial charge < -0.3 is 15.2 Å². The molecule has 1 fully saturated rings. The van der Waals surface area contributed by atoms with E-state index in [1.54, 1.807) is 17.0 Å². The van der Waals surface area contributed by atoms with Crippen LogP contribution in [0, 0.1) is 5.82 Å². The summed E-state index contributed by atoms with van der Waals surface area (Å²) in [6.07, 6.45) is 0. The van der Waals surface area contributed by atoms with Gasteiger partial charge in [-0.25, -0.2) is 4.39 Å². The molecule has 2 heterocycles. The molecule has 0 spiro atoms. The van der Waals surface area contributed by atoms with Gasteiger partial charge in [-0.1, -0.05) is 11.2 Å². The summed E-state index contributed by atoms with van der Waals surface area (Å²) in [5.74, 6) is 0.465. The zero-order chi connectivity index (χ0) is 16.2. The van der Waals surface area contributed by atoms with Gasteiger partial charge in [0, 0.05) is 31.7 Å². The maximum absolute atomic E-state index is 13.2. The molecule has 0 atom stereocenters. The minimum absolute atomic E-state index is 0.144. The first-order valence-electron chi connectivity index (χ1n) is 7.44. The summed E-state index contributed by atoms with van der Waals surface area (Å²) in [5, 5.41) is 3.86. The van der Waals surface area contributed by atoms with Crippen molar-refractivity contribution in [2.45, 2.75) is 13.1 Å². The van der Waals surface area contributed by atoms with Gasteiger partial charge in [-0.05, 0) is 18.2 Å². The molecule has 0 bridgehead atoms. The van der Waals surface area contributed by atoms with Crippen LogP contribution in [0.2, 0.25) is 0 Å². The molecule has 1 aliphatic rings. The second-order valence-corrected chi connectivity index (χ2v) is 5.39. The minimum Gasteiger partial charge on any atom is -0.338 e. The first kappa shape index (κ1) is 15.6. The van der Waals surface area contributed by atoms with E-state index in [4.69, 9.17) is 10.3 Å². The highest BCUT2D eigenvalue weighted by molar-refractivity contribution is 5.94. The number of hydrogen-bond donors (Lipinski definition) is 1. The summed E-state index contributed by atoms with van der Waals surface area (Å²) >= 11 is 0. The van der Waals surface area contributed by atoms with Crippen LogP contribution in [-0.4, -0.2) is 52.0 Å². The van der Waals surface area contributed by atoms with Crippen molar-refractivity contribution in [2.24, 2.45) is 5.73 Å². The van der Waals surface area contributed by atoms with Crippen molar-refractivity contribution in [3.05, 3.63) is 47.4 Å². The molecule has 7 nitrogen and oxygen atoms in total. The molecule has 1 aromatic carbocycles. The van der Waals surface area contributed by atoms with Crippen LogP contribution < -0.4 is 5.73 Å². The Morgan fingerprint density at radius 2 is 2.09 bits per heavy atom. The number of nitrogens with zero attached hydrogens (tertiary/aromatic N) is 4. The molecule has 8 heteroatoms. The minimum atomic E-state index is -0.401. The Hall–Kier alpha value is -2.32. The molecular formula is C15H18FN5O2. The Morgan fingerprint density at radius 3 is 2.74 bits per heavy atom. The van der Waals surface area contributed by atoms with Crippen LogP contribution >= 0.6 is 0 Å². The number of amides is 1. The van der Waals surface area contributed by atoms with Gasteiger partial charge in [0.1, 0.15) is 5.82 Å². The molecular weight excluding hydrogens is 301 g/mol. The second-order valence-electron chi connectivity index (χ2n) is 5.39. The third-order valence-electron chi connectivity index (χ3n) is 3.78. The molecule has 0 radical (unpaired) electrons. The summed E-state index contributed by atoms with van der Waals surface area (Å²) in [4.78, 5) is 20.4. The third kappa shape index (κ3) is 3.72. The maximum atomic E-state index is 13.2. The lowest BCUT2D eigenvalue weighted by Crippen LogP contribution is -2.48. The summed E-state index contributed by atoms with van der Waals surface area (Å²) in [6, 6.07) is 5.77. The molecule has 0 aliphatic carbocycles. The number of rotatable bonds is 4. The zero-order valence-electron chi connectivity index (χ0n) is 12.6. The van der Waals surface area contributed by atoms with Crippen molar-refractivity contribution in [3.8, 4) is 0 Å². The lowest BCUT2D eigenvalue weighted by atomic mass is 10.1. The predicted molar refractivity (Wildman–Crippen MR) is 79.8 cm³/mol. The van der Waals surface area contributed by atoms with E-state index >= 15 is 0 Å². The van der Waals surface area contributed by atoms with Crippen molar-refractivity contribution in [1.82, 2.24) is 19.9 Å². The lowest BCUT2D eigenvalue weighted by Gasteiger charge is -2.34. The van der Waals surface area contributed by atoms with Gasteiger partial charge in [0.15, 0.2) is 5.82 Å². The summed E-state index contributed by atoms with van der Waals surface area (Å²) < 4.78 is 18.2. The lowest BCUT2D eigenvalue weighted by molar-refractivity contribution is 0.0624. The zero-order valence-corrected chi connectivity index (χ0v) is 12.6. The summed E-state index contributed by atoms with van der Waals surface area (Å²) in [7, 11) is 0. The van der Waals surface area contributed by atoms with Crippen LogP contribution in [-0.2, 0) is 13.1 Å².